The second kappa shape index (κ2) is 14.6. The van der Waals surface area contributed by atoms with Gasteiger partial charge in [-0.25, -0.2) is 4.98 Å². The van der Waals surface area contributed by atoms with Crippen molar-refractivity contribution >= 4 is 23.1 Å². The van der Waals surface area contributed by atoms with Crippen molar-refractivity contribution in [3.63, 3.8) is 0 Å². The monoisotopic (exact) mass is 449 g/mol. The molecule has 2 aromatic rings. The maximum Gasteiger partial charge on any atom is 0.305 e. The molecule has 2 aromatic heterocycles. The van der Waals surface area contributed by atoms with Crippen molar-refractivity contribution in [2.24, 2.45) is 5.92 Å². The van der Waals surface area contributed by atoms with Crippen molar-refractivity contribution in [3.05, 3.63) is 16.7 Å². The van der Waals surface area contributed by atoms with Gasteiger partial charge < -0.3 is 20.1 Å². The van der Waals surface area contributed by atoms with Gasteiger partial charge in [-0.3, -0.25) is 14.6 Å². The number of esters is 1. The standard InChI is InChI=1S/C23H39N5O4/c1-2-3-4-5-6-7-8-9-10-13-19(30)32-16-18(12-11-14-29)15-28-17-25-20-21(28)26-23(24)27-22(20)31/h17-18,29H,2-16H2,1H3,(H3,24,26,27,31)/t18-/m1/s1. The number of nitrogens with two attached hydrogens (primary N) is 1. The van der Waals surface area contributed by atoms with Crippen LogP contribution < -0.4 is 11.3 Å². The molecule has 9 nitrogen and oxygen atoms in total. The second-order valence-electron chi connectivity index (χ2n) is 8.51. The van der Waals surface area contributed by atoms with E-state index in [-0.39, 0.29) is 42.1 Å². The van der Waals surface area contributed by atoms with Crippen molar-refractivity contribution in [1.82, 2.24) is 19.5 Å². The lowest BCUT2D eigenvalue weighted by Gasteiger charge is -2.17. The normalized spacial score (nSPS) is 12.3. The molecule has 32 heavy (non-hydrogen) atoms. The highest BCUT2D eigenvalue weighted by Gasteiger charge is 2.16. The van der Waals surface area contributed by atoms with Crippen molar-refractivity contribution in [2.45, 2.75) is 90.5 Å². The fourth-order valence-electron chi connectivity index (χ4n) is 3.85. The number of ether oxygens (including phenoxy) is 1. The Hall–Kier alpha value is -2.42. The van der Waals surface area contributed by atoms with E-state index < -0.39 is 0 Å². The minimum absolute atomic E-state index is 0.0195. The van der Waals surface area contributed by atoms with E-state index in [0.717, 1.165) is 12.8 Å². The number of carbonyl (C=O) groups excluding carboxylic acids is 1. The number of carbonyl (C=O) groups is 1. The van der Waals surface area contributed by atoms with Gasteiger partial charge in [0.15, 0.2) is 11.2 Å². The van der Waals surface area contributed by atoms with Crippen LogP contribution in [-0.4, -0.2) is 43.8 Å². The average Bonchev–Trinajstić information content (AvgIpc) is 3.17. The summed E-state index contributed by atoms with van der Waals surface area (Å²) in [6.07, 6.45) is 14.1. The molecular formula is C23H39N5O4. The molecule has 0 aliphatic heterocycles. The highest BCUT2D eigenvalue weighted by Crippen LogP contribution is 2.16. The van der Waals surface area contributed by atoms with Crippen LogP contribution in [0.5, 0.6) is 0 Å². The lowest BCUT2D eigenvalue weighted by atomic mass is 10.0. The molecule has 0 aliphatic carbocycles. The first-order chi connectivity index (χ1) is 15.5. The third-order valence-electron chi connectivity index (χ3n) is 5.68. The summed E-state index contributed by atoms with van der Waals surface area (Å²) in [5.74, 6) is -0.172. The average molecular weight is 450 g/mol. The maximum absolute atomic E-state index is 12.2. The number of unbranched alkanes of at least 4 members (excludes halogenated alkanes) is 8. The Morgan fingerprint density at radius 3 is 2.53 bits per heavy atom. The summed E-state index contributed by atoms with van der Waals surface area (Å²) < 4.78 is 7.26. The van der Waals surface area contributed by atoms with E-state index in [1.54, 1.807) is 10.9 Å². The number of nitrogens with zero attached hydrogens (tertiary/aromatic N) is 3. The van der Waals surface area contributed by atoms with E-state index in [1.807, 2.05) is 0 Å². The topological polar surface area (TPSA) is 136 Å². The van der Waals surface area contributed by atoms with Gasteiger partial charge in [-0.15, -0.1) is 0 Å². The maximum atomic E-state index is 12.2. The van der Waals surface area contributed by atoms with E-state index in [0.29, 0.717) is 31.5 Å². The molecule has 180 valence electrons. The SMILES string of the molecule is CCCCCCCCCCCC(=O)OC[C@H](CCCO)Cn1cnc2c(=O)[nH]c(N)nc21. The number of rotatable bonds is 17. The van der Waals surface area contributed by atoms with Crippen LogP contribution in [0.25, 0.3) is 11.2 Å². The third-order valence-corrected chi connectivity index (χ3v) is 5.68. The lowest BCUT2D eigenvalue weighted by Crippen LogP contribution is -2.20. The molecule has 4 N–H and O–H groups in total. The van der Waals surface area contributed by atoms with Crippen LogP contribution in [0.1, 0.15) is 84.0 Å². The Balaban J connectivity index is 1.74. The predicted octanol–water partition coefficient (Wildman–Crippen LogP) is 3.55. The van der Waals surface area contributed by atoms with Gasteiger partial charge in [0.25, 0.3) is 5.56 Å². The van der Waals surface area contributed by atoms with Crippen LogP contribution in [0.4, 0.5) is 5.95 Å². The number of anilines is 1. The molecular weight excluding hydrogens is 410 g/mol. The van der Waals surface area contributed by atoms with Crippen molar-refractivity contribution in [2.75, 3.05) is 18.9 Å². The zero-order chi connectivity index (χ0) is 23.2. The molecule has 0 aromatic carbocycles. The van der Waals surface area contributed by atoms with Crippen LogP contribution in [0, 0.1) is 5.92 Å². The lowest BCUT2D eigenvalue weighted by molar-refractivity contribution is -0.145. The number of fused-ring (bicyclic) bond motifs is 1. The highest BCUT2D eigenvalue weighted by atomic mass is 16.5. The quantitative estimate of drug-likeness (QED) is 0.248. The molecule has 0 fully saturated rings. The first kappa shape index (κ1) is 25.8. The summed E-state index contributed by atoms with van der Waals surface area (Å²) in [7, 11) is 0. The van der Waals surface area contributed by atoms with Gasteiger partial charge in [0.1, 0.15) is 0 Å². The molecule has 0 saturated heterocycles. The predicted molar refractivity (Wildman–Crippen MR) is 125 cm³/mol. The fourth-order valence-corrected chi connectivity index (χ4v) is 3.85. The first-order valence-electron chi connectivity index (χ1n) is 12.0. The molecule has 0 amide bonds. The largest absolute Gasteiger partial charge is 0.465 e. The van der Waals surface area contributed by atoms with Crippen LogP contribution >= 0.6 is 0 Å². The van der Waals surface area contributed by atoms with Crippen LogP contribution in [-0.2, 0) is 16.1 Å². The molecule has 9 heteroatoms. The van der Waals surface area contributed by atoms with Crippen LogP contribution in [0.15, 0.2) is 11.1 Å². The summed E-state index contributed by atoms with van der Waals surface area (Å²) >= 11 is 0. The van der Waals surface area contributed by atoms with Gasteiger partial charge in [-0.2, -0.15) is 4.98 Å². The number of aromatic nitrogens is 4. The second-order valence-corrected chi connectivity index (χ2v) is 8.51. The Labute approximate surface area is 189 Å². The molecule has 0 aliphatic rings. The molecule has 0 bridgehead atoms. The fraction of sp³-hybridized carbons (Fsp3) is 0.739. The Kier molecular flexibility index (Phi) is 11.8. The molecule has 1 atom stereocenters. The Morgan fingerprint density at radius 1 is 1.16 bits per heavy atom. The van der Waals surface area contributed by atoms with E-state index in [1.165, 1.54) is 44.9 Å². The number of hydrogen-bond acceptors (Lipinski definition) is 7. The van der Waals surface area contributed by atoms with Crippen LogP contribution in [0.2, 0.25) is 0 Å². The smallest absolute Gasteiger partial charge is 0.305 e. The number of aromatic amines is 1. The van der Waals surface area contributed by atoms with Gasteiger partial charge in [0, 0.05) is 25.5 Å². The summed E-state index contributed by atoms with van der Waals surface area (Å²) in [6, 6.07) is 0. The van der Waals surface area contributed by atoms with Gasteiger partial charge in [-0.1, -0.05) is 58.3 Å². The summed E-state index contributed by atoms with van der Waals surface area (Å²) in [6.45, 7) is 3.02. The molecule has 0 radical (unpaired) electrons. The van der Waals surface area contributed by atoms with E-state index in [2.05, 4.69) is 21.9 Å². The first-order valence-corrected chi connectivity index (χ1v) is 12.0. The minimum atomic E-state index is -0.384. The van der Waals surface area contributed by atoms with Gasteiger partial charge in [0.2, 0.25) is 5.95 Å². The molecule has 0 saturated carbocycles. The van der Waals surface area contributed by atoms with E-state index in [4.69, 9.17) is 10.5 Å². The molecule has 2 rings (SSSR count). The van der Waals surface area contributed by atoms with Crippen molar-refractivity contribution < 1.29 is 14.6 Å². The highest BCUT2D eigenvalue weighted by molar-refractivity contribution is 5.70. The number of nitrogens with one attached hydrogen (secondary N) is 1. The number of nitrogen functional groups attached to an aromatic ring is 1. The zero-order valence-corrected chi connectivity index (χ0v) is 19.4. The Bertz CT molecular complexity index is 864. The van der Waals surface area contributed by atoms with Crippen molar-refractivity contribution in [3.8, 4) is 0 Å². The zero-order valence-electron chi connectivity index (χ0n) is 19.4. The van der Waals surface area contributed by atoms with E-state index >= 15 is 0 Å². The minimum Gasteiger partial charge on any atom is -0.465 e. The number of aliphatic hydroxyl groups is 1. The number of hydrogen-bond donors (Lipinski definition) is 3. The van der Waals surface area contributed by atoms with Gasteiger partial charge in [0.05, 0.1) is 12.9 Å². The molecule has 0 spiro atoms. The summed E-state index contributed by atoms with van der Waals surface area (Å²) in [5.41, 5.74) is 5.90. The number of aliphatic hydroxyl groups excluding tert-OH is 1. The van der Waals surface area contributed by atoms with E-state index in [9.17, 15) is 14.7 Å². The van der Waals surface area contributed by atoms with Gasteiger partial charge in [-0.05, 0) is 19.3 Å². The van der Waals surface area contributed by atoms with Crippen molar-refractivity contribution in [1.29, 1.82) is 0 Å². The Morgan fingerprint density at radius 2 is 1.84 bits per heavy atom. The summed E-state index contributed by atoms with van der Waals surface area (Å²) in [4.78, 5) is 34.8. The van der Waals surface area contributed by atoms with Crippen LogP contribution in [0.3, 0.4) is 0 Å². The summed E-state index contributed by atoms with van der Waals surface area (Å²) in [5, 5.41) is 9.21. The molecule has 0 unspecified atom stereocenters. The molecule has 2 heterocycles. The number of imidazole rings is 1. The van der Waals surface area contributed by atoms with Gasteiger partial charge >= 0.3 is 5.97 Å². The number of H-pyrrole nitrogens is 1. The third kappa shape index (κ3) is 8.98.